The number of hydrogen-bond acceptors (Lipinski definition) is 7. The zero-order valence-corrected chi connectivity index (χ0v) is 20.6. The average Bonchev–Trinajstić information content (AvgIpc) is 3.16. The molecule has 10 heteroatoms. The number of ether oxygens (including phenoxy) is 2. The van der Waals surface area contributed by atoms with Crippen LogP contribution in [0.3, 0.4) is 0 Å². The summed E-state index contributed by atoms with van der Waals surface area (Å²) < 4.78 is 14.5. The molecule has 0 aliphatic heterocycles. The lowest BCUT2D eigenvalue weighted by Gasteiger charge is -2.15. The normalized spacial score (nSPS) is 11.0. The van der Waals surface area contributed by atoms with Crippen molar-refractivity contribution < 1.29 is 9.47 Å². The molecule has 7 nitrogen and oxygen atoms in total. The number of rotatable bonds is 12. The molecule has 1 N–H and O–H groups in total. The number of aromatic nitrogens is 4. The number of nitrogens with one attached hydrogen (secondary N) is 1. The standard InChI is InChI=1S/C21H25BrClN5O2S/c1-3-29-19-11-16(13-24-8-5-9-31-21-25-26-27-28(21)2)18(22)12-20(19)30-14-15-6-4-7-17(23)10-15/h4,6-7,10-12,24H,3,5,8-9,13-14H2,1-2H3. The Balaban J connectivity index is 1.52. The highest BCUT2D eigenvalue weighted by Crippen LogP contribution is 2.34. The maximum Gasteiger partial charge on any atom is 0.209 e. The van der Waals surface area contributed by atoms with E-state index in [1.807, 2.05) is 50.4 Å². The molecule has 0 atom stereocenters. The smallest absolute Gasteiger partial charge is 0.209 e. The van der Waals surface area contributed by atoms with Crippen LogP contribution in [-0.2, 0) is 20.2 Å². The third kappa shape index (κ3) is 7.38. The van der Waals surface area contributed by atoms with Gasteiger partial charge in [0.25, 0.3) is 0 Å². The zero-order chi connectivity index (χ0) is 22.1. The topological polar surface area (TPSA) is 74.1 Å². The molecule has 0 aliphatic rings. The molecule has 0 saturated carbocycles. The predicted octanol–water partition coefficient (Wildman–Crippen LogP) is 4.88. The number of aryl methyl sites for hydroxylation is 1. The first-order valence-electron chi connectivity index (χ1n) is 9.95. The van der Waals surface area contributed by atoms with Gasteiger partial charge in [0.1, 0.15) is 6.61 Å². The highest BCUT2D eigenvalue weighted by Gasteiger charge is 2.11. The molecule has 3 rings (SSSR count). The first kappa shape index (κ1) is 23.8. The number of nitrogens with zero attached hydrogens (tertiary/aromatic N) is 4. The number of hydrogen-bond donors (Lipinski definition) is 1. The van der Waals surface area contributed by atoms with Crippen molar-refractivity contribution in [2.24, 2.45) is 7.05 Å². The van der Waals surface area contributed by atoms with E-state index < -0.39 is 0 Å². The van der Waals surface area contributed by atoms with Gasteiger partial charge in [-0.3, -0.25) is 0 Å². The minimum Gasteiger partial charge on any atom is -0.490 e. The Bertz CT molecular complexity index is 988. The Morgan fingerprint density at radius 3 is 2.77 bits per heavy atom. The summed E-state index contributed by atoms with van der Waals surface area (Å²) in [5.74, 6) is 2.38. The monoisotopic (exact) mass is 525 g/mol. The van der Waals surface area contributed by atoms with Crippen LogP contribution in [0.2, 0.25) is 5.02 Å². The molecule has 0 fully saturated rings. The summed E-state index contributed by atoms with van der Waals surface area (Å²) in [6, 6.07) is 11.6. The predicted molar refractivity (Wildman–Crippen MR) is 127 cm³/mol. The fourth-order valence-electron chi connectivity index (χ4n) is 2.81. The highest BCUT2D eigenvalue weighted by molar-refractivity contribution is 9.10. The molecule has 0 aliphatic carbocycles. The van der Waals surface area contributed by atoms with Gasteiger partial charge in [0.05, 0.1) is 6.61 Å². The Morgan fingerprint density at radius 2 is 2.03 bits per heavy atom. The van der Waals surface area contributed by atoms with E-state index in [-0.39, 0.29) is 0 Å². The van der Waals surface area contributed by atoms with Crippen molar-refractivity contribution in [1.82, 2.24) is 25.5 Å². The van der Waals surface area contributed by atoms with Gasteiger partial charge < -0.3 is 14.8 Å². The van der Waals surface area contributed by atoms with Gasteiger partial charge in [0.15, 0.2) is 11.5 Å². The van der Waals surface area contributed by atoms with Crippen LogP contribution in [-0.4, -0.2) is 39.1 Å². The molecular formula is C21H25BrClN5O2S. The van der Waals surface area contributed by atoms with Gasteiger partial charge in [0, 0.05) is 28.8 Å². The Morgan fingerprint density at radius 1 is 1.19 bits per heavy atom. The summed E-state index contributed by atoms with van der Waals surface area (Å²) >= 11 is 11.4. The van der Waals surface area contributed by atoms with Crippen LogP contribution in [0.15, 0.2) is 46.0 Å². The summed E-state index contributed by atoms with van der Waals surface area (Å²) in [7, 11) is 1.84. The van der Waals surface area contributed by atoms with Crippen LogP contribution in [0, 0.1) is 0 Å². The summed E-state index contributed by atoms with van der Waals surface area (Å²) in [6.07, 6.45) is 1.01. The summed E-state index contributed by atoms with van der Waals surface area (Å²) in [4.78, 5) is 0. The molecular weight excluding hydrogens is 502 g/mol. The summed E-state index contributed by atoms with van der Waals surface area (Å²) in [6.45, 7) is 4.57. The van der Waals surface area contributed by atoms with Crippen molar-refractivity contribution >= 4 is 39.3 Å². The van der Waals surface area contributed by atoms with Crippen LogP contribution >= 0.6 is 39.3 Å². The zero-order valence-electron chi connectivity index (χ0n) is 17.5. The Labute approximate surface area is 200 Å². The second-order valence-corrected chi connectivity index (χ2v) is 9.06. The molecule has 3 aromatic rings. The van der Waals surface area contributed by atoms with E-state index in [4.69, 9.17) is 21.1 Å². The molecule has 31 heavy (non-hydrogen) atoms. The van der Waals surface area contributed by atoms with E-state index in [0.29, 0.717) is 24.0 Å². The van der Waals surface area contributed by atoms with E-state index >= 15 is 0 Å². The van der Waals surface area contributed by atoms with E-state index in [2.05, 4.69) is 36.8 Å². The van der Waals surface area contributed by atoms with Crippen molar-refractivity contribution in [2.75, 3.05) is 18.9 Å². The average molecular weight is 527 g/mol. The maximum atomic E-state index is 6.06. The van der Waals surface area contributed by atoms with Crippen molar-refractivity contribution in [2.45, 2.75) is 31.7 Å². The van der Waals surface area contributed by atoms with E-state index in [1.54, 1.807) is 16.4 Å². The number of tetrazole rings is 1. The molecule has 2 aromatic carbocycles. The van der Waals surface area contributed by atoms with E-state index in [9.17, 15) is 0 Å². The van der Waals surface area contributed by atoms with Crippen molar-refractivity contribution in [1.29, 1.82) is 0 Å². The van der Waals surface area contributed by atoms with Gasteiger partial charge in [-0.15, -0.1) is 5.10 Å². The number of benzene rings is 2. The summed E-state index contributed by atoms with van der Waals surface area (Å²) in [5.41, 5.74) is 2.12. The van der Waals surface area contributed by atoms with Crippen LogP contribution in [0.4, 0.5) is 0 Å². The van der Waals surface area contributed by atoms with Gasteiger partial charge in [-0.05, 0) is 65.7 Å². The number of thioether (sulfide) groups is 1. The molecule has 0 spiro atoms. The molecule has 0 amide bonds. The molecule has 1 aromatic heterocycles. The molecule has 0 radical (unpaired) electrons. The number of halogens is 2. The van der Waals surface area contributed by atoms with Crippen molar-refractivity contribution in [3.63, 3.8) is 0 Å². The lowest BCUT2D eigenvalue weighted by atomic mass is 10.2. The third-order valence-corrected chi connectivity index (χ3v) is 6.39. The molecule has 1 heterocycles. The Hall–Kier alpha value is -1.81. The minimum absolute atomic E-state index is 0.420. The molecule has 0 bridgehead atoms. The second kappa shape index (κ2) is 12.3. The van der Waals surface area contributed by atoms with Gasteiger partial charge in [-0.1, -0.05) is 51.4 Å². The van der Waals surface area contributed by atoms with Crippen LogP contribution in [0.25, 0.3) is 0 Å². The minimum atomic E-state index is 0.420. The van der Waals surface area contributed by atoms with Gasteiger partial charge in [-0.25, -0.2) is 4.68 Å². The fourth-order valence-corrected chi connectivity index (χ4v) is 4.27. The Kier molecular flexibility index (Phi) is 9.45. The lowest BCUT2D eigenvalue weighted by molar-refractivity contribution is 0.269. The van der Waals surface area contributed by atoms with E-state index in [0.717, 1.165) is 51.8 Å². The first-order chi connectivity index (χ1) is 15.1. The molecule has 166 valence electrons. The largest absolute Gasteiger partial charge is 0.490 e. The van der Waals surface area contributed by atoms with Gasteiger partial charge >= 0.3 is 0 Å². The SMILES string of the molecule is CCOc1cc(CNCCCSc2nnnn2C)c(Br)cc1OCc1cccc(Cl)c1. The fraction of sp³-hybridized carbons (Fsp3) is 0.381. The van der Waals surface area contributed by atoms with Gasteiger partial charge in [0.2, 0.25) is 5.16 Å². The van der Waals surface area contributed by atoms with Crippen LogP contribution < -0.4 is 14.8 Å². The lowest BCUT2D eigenvalue weighted by Crippen LogP contribution is -2.16. The highest BCUT2D eigenvalue weighted by atomic mass is 79.9. The van der Waals surface area contributed by atoms with Crippen molar-refractivity contribution in [3.05, 3.63) is 57.0 Å². The van der Waals surface area contributed by atoms with Crippen molar-refractivity contribution in [3.8, 4) is 11.5 Å². The van der Waals surface area contributed by atoms with E-state index in [1.165, 1.54) is 0 Å². The molecule has 0 unspecified atom stereocenters. The quantitative estimate of drug-likeness (QED) is 0.266. The third-order valence-electron chi connectivity index (χ3n) is 4.32. The maximum absolute atomic E-state index is 6.06. The van der Waals surface area contributed by atoms with Gasteiger partial charge in [-0.2, -0.15) is 0 Å². The van der Waals surface area contributed by atoms with Crippen LogP contribution in [0.5, 0.6) is 11.5 Å². The molecule has 0 saturated heterocycles. The second-order valence-electron chi connectivity index (χ2n) is 6.71. The van der Waals surface area contributed by atoms with Crippen LogP contribution in [0.1, 0.15) is 24.5 Å². The summed E-state index contributed by atoms with van der Waals surface area (Å²) in [5, 5.41) is 16.5. The first-order valence-corrected chi connectivity index (χ1v) is 12.1.